The maximum atomic E-state index is 12.8. The summed E-state index contributed by atoms with van der Waals surface area (Å²) < 4.78 is 38.5. The highest BCUT2D eigenvalue weighted by Crippen LogP contribution is 2.37. The third kappa shape index (κ3) is 4.38. The minimum Gasteiger partial charge on any atom is -0.343 e. The van der Waals surface area contributed by atoms with Crippen LogP contribution in [0, 0.1) is 0 Å². The third-order valence-electron chi connectivity index (χ3n) is 5.04. The number of hydrogen-bond acceptors (Lipinski definition) is 5. The van der Waals surface area contributed by atoms with Gasteiger partial charge in [-0.25, -0.2) is 9.97 Å². The highest BCUT2D eigenvalue weighted by molar-refractivity contribution is 7.16. The van der Waals surface area contributed by atoms with Crippen molar-refractivity contribution in [2.24, 2.45) is 0 Å². The SMILES string of the molecule is CCc1sc(NC(=O)C2CCN2c2ncc(C(F)(F)F)cc2Cl)nc1-c1ccccc1. The normalized spacial score (nSPS) is 16.2. The molecule has 1 aromatic carbocycles. The molecule has 1 saturated heterocycles. The van der Waals surface area contributed by atoms with Crippen molar-refractivity contribution >= 4 is 39.8 Å². The molecule has 0 bridgehead atoms. The zero-order valence-corrected chi connectivity index (χ0v) is 18.0. The molecule has 4 rings (SSSR count). The van der Waals surface area contributed by atoms with E-state index >= 15 is 0 Å². The van der Waals surface area contributed by atoms with Crippen LogP contribution < -0.4 is 10.2 Å². The maximum absolute atomic E-state index is 12.8. The molecule has 1 aliphatic heterocycles. The standard InChI is InChI=1S/C21H18ClF3N4OS/c1-2-16-17(12-6-4-3-5-7-12)27-20(31-16)28-19(30)15-8-9-29(15)18-14(22)10-13(11-26-18)21(23,24)25/h3-7,10-11,15H,2,8-9H2,1H3,(H,27,28,30). The summed E-state index contributed by atoms with van der Waals surface area (Å²) in [6, 6.07) is 9.97. The molecule has 0 saturated carbocycles. The maximum Gasteiger partial charge on any atom is 0.417 e. The van der Waals surface area contributed by atoms with E-state index in [0.29, 0.717) is 18.1 Å². The van der Waals surface area contributed by atoms with Gasteiger partial charge in [0.1, 0.15) is 11.9 Å². The van der Waals surface area contributed by atoms with E-state index in [-0.39, 0.29) is 16.7 Å². The van der Waals surface area contributed by atoms with Crippen LogP contribution in [-0.2, 0) is 17.4 Å². The first-order valence-electron chi connectivity index (χ1n) is 9.63. The molecule has 3 heterocycles. The minimum absolute atomic E-state index is 0.138. The van der Waals surface area contributed by atoms with Crippen molar-refractivity contribution in [2.45, 2.75) is 32.0 Å². The molecule has 1 fully saturated rings. The second-order valence-electron chi connectivity index (χ2n) is 7.02. The Bertz CT molecular complexity index is 1100. The number of carbonyl (C=O) groups is 1. The summed E-state index contributed by atoms with van der Waals surface area (Å²) in [5, 5.41) is 3.19. The molecule has 3 aromatic rings. The van der Waals surface area contributed by atoms with Crippen LogP contribution in [-0.4, -0.2) is 28.5 Å². The number of pyridine rings is 1. The van der Waals surface area contributed by atoms with Gasteiger partial charge in [-0.2, -0.15) is 13.2 Å². The van der Waals surface area contributed by atoms with E-state index in [4.69, 9.17) is 11.6 Å². The number of halogens is 4. The second kappa shape index (κ2) is 8.47. The highest BCUT2D eigenvalue weighted by Gasteiger charge is 2.38. The molecule has 31 heavy (non-hydrogen) atoms. The Morgan fingerprint density at radius 3 is 2.65 bits per heavy atom. The molecule has 5 nitrogen and oxygen atoms in total. The topological polar surface area (TPSA) is 58.1 Å². The van der Waals surface area contributed by atoms with Crippen LogP contribution in [0.25, 0.3) is 11.3 Å². The first-order valence-corrected chi connectivity index (χ1v) is 10.8. The number of carbonyl (C=O) groups excluding carboxylic acids is 1. The van der Waals surface area contributed by atoms with Gasteiger partial charge in [0.2, 0.25) is 5.91 Å². The smallest absolute Gasteiger partial charge is 0.343 e. The lowest BCUT2D eigenvalue weighted by atomic mass is 10.0. The number of amides is 1. The van der Waals surface area contributed by atoms with Crippen molar-refractivity contribution in [1.82, 2.24) is 9.97 Å². The van der Waals surface area contributed by atoms with Gasteiger partial charge in [0.25, 0.3) is 0 Å². The van der Waals surface area contributed by atoms with Gasteiger partial charge < -0.3 is 10.2 Å². The molecular formula is C21H18ClF3N4OS. The first kappa shape index (κ1) is 21.6. The lowest BCUT2D eigenvalue weighted by Gasteiger charge is -2.40. The average molecular weight is 467 g/mol. The summed E-state index contributed by atoms with van der Waals surface area (Å²) >= 11 is 7.45. The molecular weight excluding hydrogens is 449 g/mol. The van der Waals surface area contributed by atoms with Gasteiger partial charge in [-0.3, -0.25) is 4.79 Å². The van der Waals surface area contributed by atoms with Crippen LogP contribution in [0.3, 0.4) is 0 Å². The lowest BCUT2D eigenvalue weighted by molar-refractivity contribution is -0.137. The molecule has 0 spiro atoms. The van der Waals surface area contributed by atoms with Crippen LogP contribution in [0.5, 0.6) is 0 Å². The van der Waals surface area contributed by atoms with Gasteiger partial charge in [-0.15, -0.1) is 11.3 Å². The van der Waals surface area contributed by atoms with Crippen LogP contribution in [0.2, 0.25) is 5.02 Å². The van der Waals surface area contributed by atoms with Crippen molar-refractivity contribution in [3.8, 4) is 11.3 Å². The van der Waals surface area contributed by atoms with Crippen LogP contribution in [0.1, 0.15) is 23.8 Å². The predicted octanol–water partition coefficient (Wildman–Crippen LogP) is 5.66. The van der Waals surface area contributed by atoms with Gasteiger partial charge in [0.15, 0.2) is 5.13 Å². The van der Waals surface area contributed by atoms with Crippen molar-refractivity contribution in [3.63, 3.8) is 0 Å². The number of aromatic nitrogens is 2. The monoisotopic (exact) mass is 466 g/mol. The van der Waals surface area contributed by atoms with E-state index in [2.05, 4.69) is 15.3 Å². The number of alkyl halides is 3. The molecule has 1 N–H and O–H groups in total. The van der Waals surface area contributed by atoms with E-state index in [1.165, 1.54) is 11.3 Å². The Morgan fingerprint density at radius 2 is 2.06 bits per heavy atom. The number of aryl methyl sites for hydroxylation is 1. The van der Waals surface area contributed by atoms with E-state index in [0.717, 1.165) is 34.8 Å². The molecule has 0 aliphatic carbocycles. The van der Waals surface area contributed by atoms with Gasteiger partial charge in [-0.1, -0.05) is 48.9 Å². The number of nitrogens with one attached hydrogen (secondary N) is 1. The van der Waals surface area contributed by atoms with E-state index in [9.17, 15) is 18.0 Å². The third-order valence-corrected chi connectivity index (χ3v) is 6.43. The van der Waals surface area contributed by atoms with Crippen LogP contribution in [0.15, 0.2) is 42.6 Å². The van der Waals surface area contributed by atoms with Crippen LogP contribution in [0.4, 0.5) is 24.1 Å². The van der Waals surface area contributed by atoms with Crippen molar-refractivity contribution < 1.29 is 18.0 Å². The summed E-state index contributed by atoms with van der Waals surface area (Å²) in [5.41, 5.74) is 0.884. The van der Waals surface area contributed by atoms with E-state index in [1.54, 1.807) is 4.90 Å². The molecule has 162 valence electrons. The largest absolute Gasteiger partial charge is 0.417 e. The highest BCUT2D eigenvalue weighted by atomic mass is 35.5. The molecule has 1 atom stereocenters. The Kier molecular flexibility index (Phi) is 5.90. The fraction of sp³-hybridized carbons (Fsp3) is 0.286. The van der Waals surface area contributed by atoms with Gasteiger partial charge >= 0.3 is 6.18 Å². The molecule has 1 amide bonds. The number of anilines is 2. The summed E-state index contributed by atoms with van der Waals surface area (Å²) in [4.78, 5) is 23.9. The first-order chi connectivity index (χ1) is 14.8. The second-order valence-corrected chi connectivity index (χ2v) is 8.52. The zero-order chi connectivity index (χ0) is 22.2. The molecule has 1 aliphatic rings. The molecule has 2 aromatic heterocycles. The van der Waals surface area contributed by atoms with E-state index in [1.807, 2.05) is 37.3 Å². The molecule has 1 unspecified atom stereocenters. The zero-order valence-electron chi connectivity index (χ0n) is 16.4. The lowest BCUT2D eigenvalue weighted by Crippen LogP contribution is -2.55. The summed E-state index contributed by atoms with van der Waals surface area (Å²) in [6.07, 6.45) is -2.48. The Labute approximate surface area is 185 Å². The molecule has 10 heteroatoms. The Hall–Kier alpha value is -2.65. The van der Waals surface area contributed by atoms with Gasteiger partial charge in [-0.05, 0) is 18.9 Å². The Morgan fingerprint density at radius 1 is 1.32 bits per heavy atom. The quantitative estimate of drug-likeness (QED) is 0.527. The van der Waals surface area contributed by atoms with Crippen LogP contribution >= 0.6 is 22.9 Å². The Balaban J connectivity index is 1.51. The number of benzene rings is 1. The number of thiazole rings is 1. The minimum atomic E-state index is -4.53. The van der Waals surface area contributed by atoms with Crippen molar-refractivity contribution in [3.05, 3.63) is 58.1 Å². The average Bonchev–Trinajstić information content (AvgIpc) is 3.11. The van der Waals surface area contributed by atoms with E-state index < -0.39 is 17.8 Å². The fourth-order valence-corrected chi connectivity index (χ4v) is 4.57. The van der Waals surface area contributed by atoms with Gasteiger partial charge in [0.05, 0.1) is 16.3 Å². The summed E-state index contributed by atoms with van der Waals surface area (Å²) in [5.74, 6) is -0.126. The van der Waals surface area contributed by atoms with Crippen molar-refractivity contribution in [1.29, 1.82) is 0 Å². The fourth-order valence-electron chi connectivity index (χ4n) is 3.37. The van der Waals surface area contributed by atoms with Gasteiger partial charge in [0, 0.05) is 23.2 Å². The summed E-state index contributed by atoms with van der Waals surface area (Å²) in [6.45, 7) is 2.50. The number of hydrogen-bond donors (Lipinski definition) is 1. The number of nitrogens with zero attached hydrogens (tertiary/aromatic N) is 3. The summed E-state index contributed by atoms with van der Waals surface area (Å²) in [7, 11) is 0. The number of rotatable bonds is 5. The molecule has 0 radical (unpaired) electrons. The van der Waals surface area contributed by atoms with Crippen molar-refractivity contribution in [2.75, 3.05) is 16.8 Å². The predicted molar refractivity (Wildman–Crippen MR) is 116 cm³/mol.